The first-order chi connectivity index (χ1) is 11.5. The van der Waals surface area contributed by atoms with Crippen molar-refractivity contribution in [3.63, 3.8) is 0 Å². The monoisotopic (exact) mass is 357 g/mol. The summed E-state index contributed by atoms with van der Waals surface area (Å²) >= 11 is 1.46. The smallest absolute Gasteiger partial charge is 0.249 e. The second-order valence-electron chi connectivity index (χ2n) is 5.52. The number of amides is 2. The van der Waals surface area contributed by atoms with E-state index in [1.165, 1.54) is 18.9 Å². The number of likely N-dealkylation sites (N-methyl/N-ethyl adjacent to an activating group) is 1. The molecule has 1 aromatic rings. The third kappa shape index (κ3) is 4.89. The third-order valence-corrected chi connectivity index (χ3v) is 4.70. The molecule has 1 aliphatic heterocycles. The molecule has 1 aromatic heterocycles. The molecule has 1 atom stereocenters. The van der Waals surface area contributed by atoms with Gasteiger partial charge in [-0.1, -0.05) is 11.8 Å². The molecular formula is C13H23N7O3S. The van der Waals surface area contributed by atoms with Gasteiger partial charge in [-0.2, -0.15) is 0 Å². The SMILES string of the molecule is COCC(=O)N1CCN(C)C[C@@H]1C(=O)NCCSc1nnnn1C. The van der Waals surface area contributed by atoms with Crippen LogP contribution in [-0.4, -0.2) is 101 Å². The van der Waals surface area contributed by atoms with Crippen LogP contribution in [0.4, 0.5) is 0 Å². The summed E-state index contributed by atoms with van der Waals surface area (Å²) in [6.07, 6.45) is 0. The van der Waals surface area contributed by atoms with E-state index in [0.29, 0.717) is 30.5 Å². The highest BCUT2D eigenvalue weighted by Gasteiger charge is 2.33. The van der Waals surface area contributed by atoms with E-state index in [9.17, 15) is 9.59 Å². The minimum absolute atomic E-state index is 0.0114. The Morgan fingerprint density at radius 2 is 2.17 bits per heavy atom. The number of nitrogens with one attached hydrogen (secondary N) is 1. The number of aromatic nitrogens is 4. The van der Waals surface area contributed by atoms with Crippen molar-refractivity contribution in [3.8, 4) is 0 Å². The lowest BCUT2D eigenvalue weighted by Gasteiger charge is -2.38. The van der Waals surface area contributed by atoms with Crippen LogP contribution in [0.25, 0.3) is 0 Å². The number of carbonyl (C=O) groups is 2. The molecule has 0 unspecified atom stereocenters. The molecule has 1 N–H and O–H groups in total. The number of thioether (sulfide) groups is 1. The van der Waals surface area contributed by atoms with Crippen molar-refractivity contribution in [3.05, 3.63) is 0 Å². The van der Waals surface area contributed by atoms with E-state index < -0.39 is 6.04 Å². The van der Waals surface area contributed by atoms with Crippen LogP contribution in [0.2, 0.25) is 0 Å². The van der Waals surface area contributed by atoms with Gasteiger partial charge in [0.05, 0.1) is 0 Å². The standard InChI is InChI=1S/C13H23N7O3S/c1-18-5-6-20(11(21)9-23-3)10(8-18)12(22)14-4-7-24-13-15-16-17-19(13)2/h10H,4-9H2,1-3H3,(H,14,22)/t10-/m1/s1. The van der Waals surface area contributed by atoms with Gasteiger partial charge in [0.25, 0.3) is 0 Å². The number of ether oxygens (including phenoxy) is 1. The lowest BCUT2D eigenvalue weighted by atomic mass is 10.1. The minimum atomic E-state index is -0.493. The molecule has 134 valence electrons. The van der Waals surface area contributed by atoms with Gasteiger partial charge in [-0.3, -0.25) is 9.59 Å². The highest BCUT2D eigenvalue weighted by Crippen LogP contribution is 2.12. The fourth-order valence-corrected chi connectivity index (χ4v) is 3.13. The largest absolute Gasteiger partial charge is 0.375 e. The quantitative estimate of drug-likeness (QED) is 0.450. The molecule has 2 rings (SSSR count). The van der Waals surface area contributed by atoms with E-state index in [0.717, 1.165) is 6.54 Å². The molecule has 10 nitrogen and oxygen atoms in total. The maximum absolute atomic E-state index is 12.5. The van der Waals surface area contributed by atoms with Crippen LogP contribution in [0.3, 0.4) is 0 Å². The Kier molecular flexibility index (Phi) is 6.94. The molecule has 1 fully saturated rings. The summed E-state index contributed by atoms with van der Waals surface area (Å²) in [7, 11) is 5.18. The number of hydrogen-bond acceptors (Lipinski definition) is 8. The fourth-order valence-electron chi connectivity index (χ4n) is 2.43. The molecule has 1 aliphatic rings. The molecule has 0 spiro atoms. The van der Waals surface area contributed by atoms with Gasteiger partial charge in [0, 0.05) is 46.1 Å². The predicted octanol–water partition coefficient (Wildman–Crippen LogP) is -1.79. The Morgan fingerprint density at radius 3 is 2.83 bits per heavy atom. The van der Waals surface area contributed by atoms with Crippen LogP contribution in [0.5, 0.6) is 0 Å². The minimum Gasteiger partial charge on any atom is -0.375 e. The first-order valence-corrected chi connectivity index (χ1v) is 8.61. The summed E-state index contributed by atoms with van der Waals surface area (Å²) < 4.78 is 6.48. The average Bonchev–Trinajstić information content (AvgIpc) is 2.96. The second-order valence-corrected chi connectivity index (χ2v) is 6.58. The maximum atomic E-state index is 12.5. The van der Waals surface area contributed by atoms with Gasteiger partial charge in [-0.05, 0) is 17.5 Å². The molecule has 24 heavy (non-hydrogen) atoms. The van der Waals surface area contributed by atoms with Crippen LogP contribution >= 0.6 is 11.8 Å². The average molecular weight is 357 g/mol. The van der Waals surface area contributed by atoms with Gasteiger partial charge < -0.3 is 19.9 Å². The van der Waals surface area contributed by atoms with E-state index in [4.69, 9.17) is 4.74 Å². The zero-order chi connectivity index (χ0) is 17.5. The normalized spacial score (nSPS) is 18.6. The maximum Gasteiger partial charge on any atom is 0.249 e. The number of nitrogens with zero attached hydrogens (tertiary/aromatic N) is 6. The summed E-state index contributed by atoms with van der Waals surface area (Å²) in [6.45, 7) is 2.25. The van der Waals surface area contributed by atoms with Crippen molar-refractivity contribution in [2.45, 2.75) is 11.2 Å². The zero-order valence-corrected chi connectivity index (χ0v) is 15.0. The molecule has 0 aliphatic carbocycles. The Balaban J connectivity index is 1.83. The summed E-state index contributed by atoms with van der Waals surface area (Å²) in [5, 5.41) is 14.7. The van der Waals surface area contributed by atoms with E-state index >= 15 is 0 Å². The van der Waals surface area contributed by atoms with Gasteiger partial charge in [0.1, 0.15) is 12.6 Å². The van der Waals surface area contributed by atoms with Gasteiger partial charge in [-0.25, -0.2) is 4.68 Å². The number of tetrazole rings is 1. The number of carbonyl (C=O) groups excluding carboxylic acids is 2. The highest BCUT2D eigenvalue weighted by molar-refractivity contribution is 7.99. The molecule has 0 saturated carbocycles. The van der Waals surface area contributed by atoms with Crippen LogP contribution in [0.15, 0.2) is 5.16 Å². The van der Waals surface area contributed by atoms with E-state index in [2.05, 4.69) is 20.8 Å². The molecule has 0 radical (unpaired) electrons. The van der Waals surface area contributed by atoms with Crippen LogP contribution < -0.4 is 5.32 Å². The van der Waals surface area contributed by atoms with Gasteiger partial charge in [0.15, 0.2) is 0 Å². The lowest BCUT2D eigenvalue weighted by Crippen LogP contribution is -2.60. The number of methoxy groups -OCH3 is 1. The lowest BCUT2D eigenvalue weighted by molar-refractivity contribution is -0.146. The van der Waals surface area contributed by atoms with Crippen molar-refractivity contribution < 1.29 is 14.3 Å². The summed E-state index contributed by atoms with van der Waals surface area (Å²) in [6, 6.07) is -0.493. The Labute approximate surface area is 144 Å². The number of hydrogen-bond donors (Lipinski definition) is 1. The van der Waals surface area contributed by atoms with Gasteiger partial charge >= 0.3 is 0 Å². The number of rotatable bonds is 7. The summed E-state index contributed by atoms with van der Waals surface area (Å²) in [5.74, 6) is 0.335. The zero-order valence-electron chi connectivity index (χ0n) is 14.1. The third-order valence-electron chi connectivity index (χ3n) is 3.69. The van der Waals surface area contributed by atoms with Crippen molar-refractivity contribution in [2.24, 2.45) is 7.05 Å². The number of aryl methyl sites for hydroxylation is 1. The Morgan fingerprint density at radius 1 is 1.38 bits per heavy atom. The summed E-state index contributed by atoms with van der Waals surface area (Å²) in [4.78, 5) is 28.2. The van der Waals surface area contributed by atoms with Crippen molar-refractivity contribution in [2.75, 3.05) is 52.7 Å². The first-order valence-electron chi connectivity index (χ1n) is 7.62. The second kappa shape index (κ2) is 8.94. The Hall–Kier alpha value is -1.72. The number of piperazine rings is 1. The topological polar surface area (TPSA) is 105 Å². The van der Waals surface area contributed by atoms with Gasteiger partial charge in [0.2, 0.25) is 17.0 Å². The molecule has 2 heterocycles. The van der Waals surface area contributed by atoms with Gasteiger partial charge in [-0.15, -0.1) is 5.10 Å². The van der Waals surface area contributed by atoms with E-state index in [-0.39, 0.29) is 18.4 Å². The summed E-state index contributed by atoms with van der Waals surface area (Å²) in [5.41, 5.74) is 0. The van der Waals surface area contributed by atoms with E-state index in [1.54, 1.807) is 16.6 Å². The first kappa shape index (κ1) is 18.6. The van der Waals surface area contributed by atoms with Crippen molar-refractivity contribution in [1.29, 1.82) is 0 Å². The van der Waals surface area contributed by atoms with E-state index in [1.807, 2.05) is 11.9 Å². The Bertz CT molecular complexity index is 568. The molecule has 2 amide bonds. The van der Waals surface area contributed by atoms with Crippen LogP contribution in [0, 0.1) is 0 Å². The van der Waals surface area contributed by atoms with Crippen molar-refractivity contribution in [1.82, 2.24) is 35.3 Å². The molecular weight excluding hydrogens is 334 g/mol. The van der Waals surface area contributed by atoms with Crippen molar-refractivity contribution >= 4 is 23.6 Å². The predicted molar refractivity (Wildman–Crippen MR) is 87.4 cm³/mol. The van der Waals surface area contributed by atoms with Crippen LogP contribution in [0.1, 0.15) is 0 Å². The molecule has 0 bridgehead atoms. The highest BCUT2D eigenvalue weighted by atomic mass is 32.2. The molecule has 1 saturated heterocycles. The fraction of sp³-hybridized carbons (Fsp3) is 0.769. The molecule has 0 aromatic carbocycles. The van der Waals surface area contributed by atoms with Crippen LogP contribution in [-0.2, 0) is 21.4 Å². The molecule has 11 heteroatoms.